The number of nitrogens with zero attached hydrogens (tertiary/aromatic N) is 5. The summed E-state index contributed by atoms with van der Waals surface area (Å²) in [6, 6.07) is 12.5. The molecule has 0 radical (unpaired) electrons. The highest BCUT2D eigenvalue weighted by atomic mass is 19.1. The van der Waals surface area contributed by atoms with E-state index in [1.54, 1.807) is 18.5 Å². The fraction of sp³-hybridized carbons (Fsp3) is 0.0833. The van der Waals surface area contributed by atoms with Gasteiger partial charge in [-0.05, 0) is 48.4 Å². The second-order valence-electron chi connectivity index (χ2n) is 7.75. The van der Waals surface area contributed by atoms with E-state index in [9.17, 15) is 4.39 Å². The lowest BCUT2D eigenvalue weighted by molar-refractivity contribution is 0.628. The second kappa shape index (κ2) is 6.84. The van der Waals surface area contributed by atoms with Gasteiger partial charge in [0.05, 0.1) is 35.0 Å². The third kappa shape index (κ3) is 2.80. The van der Waals surface area contributed by atoms with Crippen molar-refractivity contribution < 1.29 is 4.39 Å². The lowest BCUT2D eigenvalue weighted by atomic mass is 10.0. The molecule has 2 N–H and O–H groups in total. The molecular weight excluding hydrogens is 405 g/mol. The molecule has 0 aliphatic heterocycles. The van der Waals surface area contributed by atoms with Gasteiger partial charge >= 0.3 is 0 Å². The van der Waals surface area contributed by atoms with Crippen LogP contribution in [0.15, 0.2) is 61.1 Å². The lowest BCUT2D eigenvalue weighted by Gasteiger charge is -2.03. The Morgan fingerprint density at radius 1 is 0.969 bits per heavy atom. The van der Waals surface area contributed by atoms with Crippen LogP contribution < -0.4 is 0 Å². The predicted octanol–water partition coefficient (Wildman–Crippen LogP) is 5.02. The number of aromatic nitrogens is 7. The van der Waals surface area contributed by atoms with E-state index in [0.29, 0.717) is 0 Å². The largest absolute Gasteiger partial charge is 0.338 e. The molecule has 7 nitrogen and oxygen atoms in total. The molecule has 0 aliphatic rings. The van der Waals surface area contributed by atoms with E-state index in [1.165, 1.54) is 12.1 Å². The summed E-state index contributed by atoms with van der Waals surface area (Å²) in [7, 11) is 1.97. The standard InChI is InChI=1S/C24H18FN7/c1-13-27-12-22(32(13)2)19-10-18-21(11-28-19)30-31-23(18)20-9-17-16(6-7-26-24(17)29-20)14-4-3-5-15(25)8-14/h3-12H,1-2H3,(H,26,29)(H,30,31). The third-order valence-electron chi connectivity index (χ3n) is 5.85. The van der Waals surface area contributed by atoms with Gasteiger partial charge in [0.15, 0.2) is 0 Å². The van der Waals surface area contributed by atoms with Crippen LogP contribution in [0.2, 0.25) is 0 Å². The molecular formula is C24H18FN7. The zero-order chi connectivity index (χ0) is 21.8. The number of rotatable bonds is 3. The molecule has 1 aromatic carbocycles. The monoisotopic (exact) mass is 423 g/mol. The number of benzene rings is 1. The van der Waals surface area contributed by atoms with Gasteiger partial charge in [0, 0.05) is 24.0 Å². The second-order valence-corrected chi connectivity index (χ2v) is 7.75. The molecule has 0 aliphatic carbocycles. The fourth-order valence-electron chi connectivity index (χ4n) is 4.06. The average molecular weight is 423 g/mol. The minimum Gasteiger partial charge on any atom is -0.338 e. The van der Waals surface area contributed by atoms with Crippen LogP contribution in [0.5, 0.6) is 0 Å². The zero-order valence-corrected chi connectivity index (χ0v) is 17.4. The van der Waals surface area contributed by atoms with Gasteiger partial charge in [0.2, 0.25) is 0 Å². The van der Waals surface area contributed by atoms with Crippen LogP contribution >= 0.6 is 0 Å². The topological polar surface area (TPSA) is 88.1 Å². The van der Waals surface area contributed by atoms with Crippen molar-refractivity contribution in [3.63, 3.8) is 0 Å². The van der Waals surface area contributed by atoms with E-state index in [2.05, 4.69) is 30.1 Å². The summed E-state index contributed by atoms with van der Waals surface area (Å²) < 4.78 is 15.8. The van der Waals surface area contributed by atoms with Crippen LogP contribution in [0.1, 0.15) is 5.82 Å². The van der Waals surface area contributed by atoms with E-state index in [1.807, 2.05) is 49.0 Å². The van der Waals surface area contributed by atoms with Gasteiger partial charge in [-0.3, -0.25) is 10.1 Å². The Kier molecular flexibility index (Phi) is 3.94. The molecule has 0 atom stereocenters. The molecule has 0 fully saturated rings. The molecule has 8 heteroatoms. The quantitative estimate of drug-likeness (QED) is 0.419. The van der Waals surface area contributed by atoms with Crippen LogP contribution in [0.3, 0.4) is 0 Å². The average Bonchev–Trinajstić information content (AvgIpc) is 3.50. The molecule has 0 saturated heterocycles. The number of aromatic amines is 2. The molecule has 0 saturated carbocycles. The predicted molar refractivity (Wildman–Crippen MR) is 121 cm³/mol. The lowest BCUT2D eigenvalue weighted by Crippen LogP contribution is -1.95. The summed E-state index contributed by atoms with van der Waals surface area (Å²) in [6.45, 7) is 1.96. The molecule has 6 rings (SSSR count). The summed E-state index contributed by atoms with van der Waals surface area (Å²) in [4.78, 5) is 16.8. The summed E-state index contributed by atoms with van der Waals surface area (Å²) in [6.07, 6.45) is 5.32. The van der Waals surface area contributed by atoms with Crippen molar-refractivity contribution in [1.82, 2.24) is 34.7 Å². The molecule has 156 valence electrons. The maximum absolute atomic E-state index is 13.8. The fourth-order valence-corrected chi connectivity index (χ4v) is 4.06. The van der Waals surface area contributed by atoms with E-state index < -0.39 is 0 Å². The number of hydrogen-bond donors (Lipinski definition) is 2. The van der Waals surface area contributed by atoms with E-state index in [0.717, 1.165) is 61.7 Å². The van der Waals surface area contributed by atoms with Crippen LogP contribution in [-0.2, 0) is 7.05 Å². The summed E-state index contributed by atoms with van der Waals surface area (Å²) >= 11 is 0. The number of aryl methyl sites for hydroxylation is 1. The van der Waals surface area contributed by atoms with Crippen LogP contribution in [-0.4, -0.2) is 34.7 Å². The normalized spacial score (nSPS) is 11.6. The molecule has 0 spiro atoms. The third-order valence-corrected chi connectivity index (χ3v) is 5.85. The molecule has 0 amide bonds. The first-order valence-corrected chi connectivity index (χ1v) is 10.2. The molecule has 6 aromatic rings. The molecule has 0 unspecified atom stereocenters. The van der Waals surface area contributed by atoms with E-state index >= 15 is 0 Å². The van der Waals surface area contributed by atoms with Crippen molar-refractivity contribution in [3.8, 4) is 33.9 Å². The Morgan fingerprint density at radius 2 is 1.88 bits per heavy atom. The van der Waals surface area contributed by atoms with Gasteiger partial charge in [-0.15, -0.1) is 0 Å². The Hall–Kier alpha value is -4.33. The highest BCUT2D eigenvalue weighted by Gasteiger charge is 2.16. The molecule has 5 heterocycles. The number of nitrogens with one attached hydrogen (secondary N) is 2. The molecule has 32 heavy (non-hydrogen) atoms. The smallest absolute Gasteiger partial charge is 0.138 e. The van der Waals surface area contributed by atoms with Crippen molar-refractivity contribution >= 4 is 21.9 Å². The van der Waals surface area contributed by atoms with Gasteiger partial charge in [-0.25, -0.2) is 14.4 Å². The van der Waals surface area contributed by atoms with Crippen LogP contribution in [0.25, 0.3) is 55.8 Å². The number of pyridine rings is 2. The van der Waals surface area contributed by atoms with Crippen LogP contribution in [0.4, 0.5) is 4.39 Å². The maximum atomic E-state index is 13.8. The van der Waals surface area contributed by atoms with Crippen molar-refractivity contribution in [2.45, 2.75) is 6.92 Å². The minimum absolute atomic E-state index is 0.271. The minimum atomic E-state index is -0.271. The number of imidazole rings is 1. The number of halogens is 1. The Bertz CT molecular complexity index is 1620. The first-order chi connectivity index (χ1) is 15.6. The Balaban J connectivity index is 1.52. The SMILES string of the molecule is Cc1ncc(-c2cc3c(-c4cc5c(-c6cccc(F)c6)ccnc5[nH]4)n[nH]c3cn2)n1C. The first-order valence-electron chi connectivity index (χ1n) is 10.2. The highest BCUT2D eigenvalue weighted by molar-refractivity contribution is 6.00. The van der Waals surface area contributed by atoms with Crippen molar-refractivity contribution in [2.75, 3.05) is 0 Å². The van der Waals surface area contributed by atoms with Gasteiger partial charge < -0.3 is 9.55 Å². The van der Waals surface area contributed by atoms with Gasteiger partial charge in [-0.2, -0.15) is 5.10 Å². The van der Waals surface area contributed by atoms with Gasteiger partial charge in [0.25, 0.3) is 0 Å². The zero-order valence-electron chi connectivity index (χ0n) is 17.4. The number of fused-ring (bicyclic) bond motifs is 2. The summed E-state index contributed by atoms with van der Waals surface area (Å²) in [5.41, 5.74) is 6.60. The summed E-state index contributed by atoms with van der Waals surface area (Å²) in [5.74, 6) is 0.646. The van der Waals surface area contributed by atoms with Crippen molar-refractivity contribution in [3.05, 3.63) is 72.7 Å². The van der Waals surface area contributed by atoms with Gasteiger partial charge in [-0.1, -0.05) is 12.1 Å². The molecule has 0 bridgehead atoms. The van der Waals surface area contributed by atoms with E-state index in [4.69, 9.17) is 0 Å². The van der Waals surface area contributed by atoms with Gasteiger partial charge in [0.1, 0.15) is 23.0 Å². The first kappa shape index (κ1) is 18.4. The van der Waals surface area contributed by atoms with Crippen molar-refractivity contribution in [1.29, 1.82) is 0 Å². The van der Waals surface area contributed by atoms with E-state index in [-0.39, 0.29) is 5.82 Å². The number of hydrogen-bond acceptors (Lipinski definition) is 4. The highest BCUT2D eigenvalue weighted by Crippen LogP contribution is 2.34. The Morgan fingerprint density at radius 3 is 2.69 bits per heavy atom. The van der Waals surface area contributed by atoms with Crippen LogP contribution in [0, 0.1) is 12.7 Å². The molecule has 5 aromatic heterocycles. The maximum Gasteiger partial charge on any atom is 0.138 e. The summed E-state index contributed by atoms with van der Waals surface area (Å²) in [5, 5.41) is 9.43. The van der Waals surface area contributed by atoms with Crippen molar-refractivity contribution in [2.24, 2.45) is 7.05 Å². The number of H-pyrrole nitrogens is 2. The Labute approximate surface area is 182 Å².